The number of piperidine rings is 1. The minimum absolute atomic E-state index is 0.0823. The Labute approximate surface area is 258 Å². The predicted octanol–water partition coefficient (Wildman–Crippen LogP) is 2.30. The zero-order chi connectivity index (χ0) is 31.7. The van der Waals surface area contributed by atoms with E-state index in [4.69, 9.17) is 18.9 Å². The lowest BCUT2D eigenvalue weighted by Crippen LogP contribution is -2.53. The molecule has 3 atom stereocenters. The minimum atomic E-state index is -3.80. The van der Waals surface area contributed by atoms with E-state index < -0.39 is 34.8 Å². The monoisotopic (exact) mass is 635 g/mol. The number of fused-ring (bicyclic) bond motifs is 1. The molecule has 0 saturated carbocycles. The normalized spacial score (nSPS) is 20.0. The van der Waals surface area contributed by atoms with E-state index >= 15 is 0 Å². The third-order valence-electron chi connectivity index (χ3n) is 7.72. The molecule has 2 amide bonds. The van der Waals surface area contributed by atoms with E-state index in [0.29, 0.717) is 19.0 Å². The maximum atomic E-state index is 12.4. The van der Waals surface area contributed by atoms with Gasteiger partial charge in [0.2, 0.25) is 5.91 Å². The Morgan fingerprint density at radius 1 is 1.11 bits per heavy atom. The first-order chi connectivity index (χ1) is 21.1. The van der Waals surface area contributed by atoms with Crippen LogP contribution in [0.1, 0.15) is 23.5 Å². The molecular weight excluding hydrogens is 594 g/mol. The van der Waals surface area contributed by atoms with Crippen LogP contribution in [0.5, 0.6) is 11.5 Å². The summed E-state index contributed by atoms with van der Waals surface area (Å²) >= 11 is 0. The van der Waals surface area contributed by atoms with Crippen LogP contribution >= 0.6 is 0 Å². The van der Waals surface area contributed by atoms with Crippen LogP contribution in [0.15, 0.2) is 42.5 Å². The van der Waals surface area contributed by atoms with Gasteiger partial charge in [-0.2, -0.15) is 8.42 Å². The lowest BCUT2D eigenvalue weighted by molar-refractivity contribution is -0.123. The molecule has 2 aliphatic heterocycles. The molecule has 2 N–H and O–H groups in total. The van der Waals surface area contributed by atoms with Crippen molar-refractivity contribution in [3.8, 4) is 11.5 Å². The van der Waals surface area contributed by atoms with Crippen LogP contribution in [0.25, 0.3) is 0 Å². The molecule has 2 aromatic carbocycles. The predicted molar refractivity (Wildman–Crippen MR) is 162 cm³/mol. The van der Waals surface area contributed by atoms with Crippen molar-refractivity contribution >= 4 is 27.8 Å². The highest BCUT2D eigenvalue weighted by Gasteiger charge is 2.40. The average Bonchev–Trinajstić information content (AvgIpc) is 3.01. The van der Waals surface area contributed by atoms with Gasteiger partial charge in [-0.1, -0.05) is 18.2 Å². The number of rotatable bonds is 14. The van der Waals surface area contributed by atoms with Crippen molar-refractivity contribution in [2.24, 2.45) is 5.92 Å². The number of hydrogen-bond donors (Lipinski definition) is 2. The lowest BCUT2D eigenvalue weighted by Gasteiger charge is -2.43. The molecule has 14 heteroatoms. The summed E-state index contributed by atoms with van der Waals surface area (Å²) in [7, 11) is -0.536. The van der Waals surface area contributed by atoms with Gasteiger partial charge >= 0.3 is 6.09 Å². The SMILES string of the molecule is COCCCN1CCOc2ccc(CO[C@H]3CN(C(=O)O)C[C@@H](CNC(=O)COS(C)(=O)=O)[C@@H]3c3ccc(OC)cc3)cc21. The van der Waals surface area contributed by atoms with Crippen LogP contribution in [0, 0.1) is 5.92 Å². The molecular formula is C30H41N3O10S. The first-order valence-electron chi connectivity index (χ1n) is 14.4. The Hall–Kier alpha value is -3.59. The number of nitrogens with one attached hydrogen (secondary N) is 1. The van der Waals surface area contributed by atoms with Crippen LogP contribution in [-0.2, 0) is 35.2 Å². The molecule has 4 rings (SSSR count). The number of carboxylic acid groups (broad SMARTS) is 1. The van der Waals surface area contributed by atoms with Gasteiger partial charge in [-0.15, -0.1) is 0 Å². The van der Waals surface area contributed by atoms with Gasteiger partial charge in [-0.3, -0.25) is 8.98 Å². The smallest absolute Gasteiger partial charge is 0.407 e. The number of nitrogens with zero attached hydrogens (tertiary/aromatic N) is 2. The fourth-order valence-electron chi connectivity index (χ4n) is 5.62. The van der Waals surface area contributed by atoms with Crippen molar-refractivity contribution in [3.63, 3.8) is 0 Å². The molecule has 0 radical (unpaired) electrons. The number of benzene rings is 2. The van der Waals surface area contributed by atoms with Crippen LogP contribution in [0.2, 0.25) is 0 Å². The Bertz CT molecular complexity index is 1370. The molecule has 0 aromatic heterocycles. The van der Waals surface area contributed by atoms with Gasteiger partial charge in [-0.25, -0.2) is 4.79 Å². The van der Waals surface area contributed by atoms with Crippen LogP contribution in [0.4, 0.5) is 10.5 Å². The average molecular weight is 636 g/mol. The van der Waals surface area contributed by atoms with Crippen molar-refractivity contribution in [1.82, 2.24) is 10.2 Å². The summed E-state index contributed by atoms with van der Waals surface area (Å²) in [6.45, 7) is 2.78. The second kappa shape index (κ2) is 15.4. The fourth-order valence-corrected chi connectivity index (χ4v) is 5.94. The second-order valence-corrected chi connectivity index (χ2v) is 12.5. The highest BCUT2D eigenvalue weighted by Crippen LogP contribution is 2.37. The van der Waals surface area contributed by atoms with Crippen molar-refractivity contribution in [2.75, 3.05) is 77.9 Å². The molecule has 2 heterocycles. The van der Waals surface area contributed by atoms with Gasteiger partial charge in [0.1, 0.15) is 24.7 Å². The van der Waals surface area contributed by atoms with Gasteiger partial charge in [0.25, 0.3) is 10.1 Å². The Morgan fingerprint density at radius 2 is 1.89 bits per heavy atom. The molecule has 44 heavy (non-hydrogen) atoms. The summed E-state index contributed by atoms with van der Waals surface area (Å²) in [5, 5.41) is 12.6. The Balaban J connectivity index is 1.55. The van der Waals surface area contributed by atoms with Crippen LogP contribution in [0.3, 0.4) is 0 Å². The van der Waals surface area contributed by atoms with Gasteiger partial charge in [0, 0.05) is 45.2 Å². The van der Waals surface area contributed by atoms with E-state index in [0.717, 1.165) is 48.3 Å². The first kappa shape index (κ1) is 33.3. The Kier molecular flexibility index (Phi) is 11.7. The maximum absolute atomic E-state index is 12.4. The number of amides is 2. The van der Waals surface area contributed by atoms with Crippen molar-refractivity contribution in [3.05, 3.63) is 53.6 Å². The summed E-state index contributed by atoms with van der Waals surface area (Å²) in [5.41, 5.74) is 2.79. The first-order valence-corrected chi connectivity index (χ1v) is 16.2. The van der Waals surface area contributed by atoms with Gasteiger partial charge in [0.05, 0.1) is 44.9 Å². The summed E-state index contributed by atoms with van der Waals surface area (Å²) in [6, 6.07) is 13.4. The topological polar surface area (TPSA) is 153 Å². The van der Waals surface area contributed by atoms with E-state index in [1.165, 1.54) is 4.90 Å². The molecule has 0 aliphatic carbocycles. The quantitative estimate of drug-likeness (QED) is 0.232. The van der Waals surface area contributed by atoms with E-state index in [-0.39, 0.29) is 38.1 Å². The summed E-state index contributed by atoms with van der Waals surface area (Å²) in [6.07, 6.45) is 0.0992. The van der Waals surface area contributed by atoms with E-state index in [9.17, 15) is 23.1 Å². The number of anilines is 1. The number of ether oxygens (including phenoxy) is 4. The highest BCUT2D eigenvalue weighted by atomic mass is 32.2. The van der Waals surface area contributed by atoms with Gasteiger partial charge < -0.3 is 39.2 Å². The number of hydrogen-bond acceptors (Lipinski definition) is 10. The number of carbonyl (C=O) groups is 2. The lowest BCUT2D eigenvalue weighted by atomic mass is 9.78. The summed E-state index contributed by atoms with van der Waals surface area (Å²) in [4.78, 5) is 28.1. The third-order valence-corrected chi connectivity index (χ3v) is 8.27. The molecule has 2 aliphatic rings. The summed E-state index contributed by atoms with van der Waals surface area (Å²) in [5.74, 6) is 0.176. The molecule has 0 unspecified atom stereocenters. The van der Waals surface area contributed by atoms with Gasteiger partial charge in [0.15, 0.2) is 0 Å². The third kappa shape index (κ3) is 9.21. The molecule has 13 nitrogen and oxygen atoms in total. The zero-order valence-corrected chi connectivity index (χ0v) is 26.1. The number of methoxy groups -OCH3 is 2. The number of likely N-dealkylation sites (tertiary alicyclic amines) is 1. The number of carbonyl (C=O) groups excluding carboxylic acids is 1. The summed E-state index contributed by atoms with van der Waals surface area (Å²) < 4.78 is 50.2. The second-order valence-electron chi connectivity index (χ2n) is 10.9. The van der Waals surface area contributed by atoms with E-state index in [1.54, 1.807) is 14.2 Å². The van der Waals surface area contributed by atoms with Crippen molar-refractivity contribution < 1.29 is 46.2 Å². The Morgan fingerprint density at radius 3 is 2.57 bits per heavy atom. The molecule has 0 spiro atoms. The minimum Gasteiger partial charge on any atom is -0.497 e. The largest absolute Gasteiger partial charge is 0.497 e. The van der Waals surface area contributed by atoms with Crippen LogP contribution < -0.4 is 19.7 Å². The molecule has 242 valence electrons. The molecule has 0 bridgehead atoms. The fraction of sp³-hybridized carbons (Fsp3) is 0.533. The molecule has 2 aromatic rings. The van der Waals surface area contributed by atoms with Gasteiger partial charge in [-0.05, 0) is 41.8 Å². The maximum Gasteiger partial charge on any atom is 0.407 e. The highest BCUT2D eigenvalue weighted by molar-refractivity contribution is 7.86. The van der Waals surface area contributed by atoms with E-state index in [1.807, 2.05) is 42.5 Å². The zero-order valence-electron chi connectivity index (χ0n) is 25.3. The van der Waals surface area contributed by atoms with E-state index in [2.05, 4.69) is 14.4 Å². The molecule has 1 fully saturated rings. The standard InChI is InChI=1S/C30H41N3O10S/c1-39-13-4-11-32-12-14-41-26-10-5-21(15-25(26)32)19-42-27-18-33(30(35)36)17-23(16-31-28(34)20-43-44(3,37)38)29(27)22-6-8-24(40-2)9-7-22/h5-10,15,23,27,29H,4,11-14,16-20H2,1-3H3,(H,31,34)(H,35,36)/t23-,27+,29+/m1/s1. The van der Waals surface area contributed by atoms with Crippen LogP contribution in [-0.4, -0.2) is 110 Å². The van der Waals surface area contributed by atoms with Crippen molar-refractivity contribution in [1.29, 1.82) is 0 Å². The van der Waals surface area contributed by atoms with Crippen molar-refractivity contribution in [2.45, 2.75) is 25.0 Å². The molecule has 1 saturated heterocycles.